The minimum absolute atomic E-state index is 0.0198. The molecule has 29 heavy (non-hydrogen) atoms. The van der Waals surface area contributed by atoms with E-state index in [0.717, 1.165) is 11.3 Å². The summed E-state index contributed by atoms with van der Waals surface area (Å²) in [5, 5.41) is 2.61. The lowest BCUT2D eigenvalue weighted by atomic mass is 10.1. The summed E-state index contributed by atoms with van der Waals surface area (Å²) in [4.78, 5) is 52.7. The van der Waals surface area contributed by atoms with Gasteiger partial charge in [-0.25, -0.2) is 0 Å². The summed E-state index contributed by atoms with van der Waals surface area (Å²) >= 11 is 0. The number of aryl methyl sites for hydroxylation is 2. The lowest BCUT2D eigenvalue weighted by Crippen LogP contribution is -2.32. The molecule has 1 aliphatic rings. The summed E-state index contributed by atoms with van der Waals surface area (Å²) in [6.07, 6.45) is 1.49. The van der Waals surface area contributed by atoms with Gasteiger partial charge in [0.25, 0.3) is 11.5 Å². The number of hydrogen-bond acceptors (Lipinski definition) is 4. The number of aromatic nitrogens is 1. The number of carbonyl (C=O) groups is 3. The van der Waals surface area contributed by atoms with Crippen LogP contribution in [0.25, 0.3) is 0 Å². The molecule has 1 unspecified atom stereocenters. The summed E-state index contributed by atoms with van der Waals surface area (Å²) in [6.45, 7) is 2.20. The van der Waals surface area contributed by atoms with Gasteiger partial charge in [-0.3, -0.25) is 19.2 Å². The summed E-state index contributed by atoms with van der Waals surface area (Å²) in [5.41, 5.74) is 1.71. The van der Waals surface area contributed by atoms with E-state index >= 15 is 0 Å². The van der Waals surface area contributed by atoms with Crippen molar-refractivity contribution in [2.45, 2.75) is 13.3 Å². The quantitative estimate of drug-likeness (QED) is 0.845. The van der Waals surface area contributed by atoms with E-state index in [1.807, 2.05) is 31.2 Å². The molecule has 1 aliphatic heterocycles. The molecule has 1 fully saturated rings. The van der Waals surface area contributed by atoms with Gasteiger partial charge in [0.2, 0.25) is 11.8 Å². The van der Waals surface area contributed by atoms with E-state index in [1.54, 1.807) is 19.0 Å². The Morgan fingerprint density at radius 1 is 1.14 bits per heavy atom. The van der Waals surface area contributed by atoms with Crippen LogP contribution in [0.1, 0.15) is 22.3 Å². The zero-order chi connectivity index (χ0) is 21.3. The van der Waals surface area contributed by atoms with Gasteiger partial charge in [-0.15, -0.1) is 0 Å². The average molecular weight is 396 g/mol. The highest BCUT2D eigenvalue weighted by molar-refractivity contribution is 6.04. The average Bonchev–Trinajstić information content (AvgIpc) is 3.07. The molecule has 1 N–H and O–H groups in total. The number of benzene rings is 1. The maximum atomic E-state index is 12.7. The first-order valence-corrected chi connectivity index (χ1v) is 9.27. The van der Waals surface area contributed by atoms with Gasteiger partial charge < -0.3 is 19.7 Å². The van der Waals surface area contributed by atoms with E-state index < -0.39 is 17.4 Å². The first kappa shape index (κ1) is 20.3. The molecular formula is C21H24N4O4. The van der Waals surface area contributed by atoms with Crippen LogP contribution in [0.3, 0.4) is 0 Å². The van der Waals surface area contributed by atoms with Gasteiger partial charge >= 0.3 is 0 Å². The van der Waals surface area contributed by atoms with Crippen LogP contribution in [0.15, 0.2) is 41.3 Å². The molecule has 8 heteroatoms. The van der Waals surface area contributed by atoms with Crippen LogP contribution in [0.4, 0.5) is 11.4 Å². The molecule has 152 valence electrons. The number of hydrogen-bond donors (Lipinski definition) is 1. The first-order chi connectivity index (χ1) is 13.7. The monoisotopic (exact) mass is 396 g/mol. The zero-order valence-corrected chi connectivity index (χ0v) is 16.9. The maximum Gasteiger partial charge on any atom is 0.274 e. The molecule has 1 atom stereocenters. The normalized spacial score (nSPS) is 16.1. The number of carbonyl (C=O) groups excluding carboxylic acids is 3. The highest BCUT2D eigenvalue weighted by Gasteiger charge is 2.35. The Balaban J connectivity index is 1.78. The molecule has 3 rings (SSSR count). The van der Waals surface area contributed by atoms with Crippen molar-refractivity contribution >= 4 is 29.1 Å². The Labute approximate surface area is 168 Å². The molecule has 1 saturated heterocycles. The predicted octanol–water partition coefficient (Wildman–Crippen LogP) is 1.39. The summed E-state index contributed by atoms with van der Waals surface area (Å²) in [6, 6.07) is 8.89. The van der Waals surface area contributed by atoms with Crippen LogP contribution in [0, 0.1) is 12.8 Å². The maximum absolute atomic E-state index is 12.7. The van der Waals surface area contributed by atoms with Crippen molar-refractivity contribution in [3.63, 3.8) is 0 Å². The number of pyridine rings is 1. The van der Waals surface area contributed by atoms with Crippen LogP contribution in [-0.4, -0.2) is 47.8 Å². The number of rotatable bonds is 4. The number of amides is 3. The molecule has 0 aliphatic carbocycles. The van der Waals surface area contributed by atoms with Gasteiger partial charge in [-0.05, 0) is 25.1 Å². The Morgan fingerprint density at radius 2 is 1.79 bits per heavy atom. The third-order valence-corrected chi connectivity index (χ3v) is 4.94. The van der Waals surface area contributed by atoms with Crippen molar-refractivity contribution in [2.75, 3.05) is 30.9 Å². The van der Waals surface area contributed by atoms with Crippen molar-refractivity contribution in [3.8, 4) is 0 Å². The van der Waals surface area contributed by atoms with Crippen LogP contribution in [0.5, 0.6) is 0 Å². The van der Waals surface area contributed by atoms with Crippen molar-refractivity contribution < 1.29 is 14.4 Å². The summed E-state index contributed by atoms with van der Waals surface area (Å²) < 4.78 is 1.25. The van der Waals surface area contributed by atoms with Gasteiger partial charge in [0.15, 0.2) is 0 Å². The summed E-state index contributed by atoms with van der Waals surface area (Å²) in [7, 11) is 4.73. The predicted molar refractivity (Wildman–Crippen MR) is 110 cm³/mol. The van der Waals surface area contributed by atoms with E-state index in [4.69, 9.17) is 0 Å². The van der Waals surface area contributed by atoms with E-state index in [2.05, 4.69) is 5.32 Å². The van der Waals surface area contributed by atoms with Gasteiger partial charge in [-0.1, -0.05) is 17.7 Å². The fourth-order valence-electron chi connectivity index (χ4n) is 3.27. The minimum atomic E-state index is -0.582. The Kier molecular flexibility index (Phi) is 5.54. The van der Waals surface area contributed by atoms with Crippen LogP contribution in [-0.2, 0) is 16.6 Å². The van der Waals surface area contributed by atoms with Gasteiger partial charge in [0.05, 0.1) is 11.5 Å². The Bertz CT molecular complexity index is 1020. The van der Waals surface area contributed by atoms with Crippen molar-refractivity contribution in [1.82, 2.24) is 9.47 Å². The van der Waals surface area contributed by atoms with E-state index in [1.165, 1.54) is 28.8 Å². The highest BCUT2D eigenvalue weighted by atomic mass is 16.2. The molecule has 1 aromatic carbocycles. The topological polar surface area (TPSA) is 91.7 Å². The third kappa shape index (κ3) is 4.21. The van der Waals surface area contributed by atoms with E-state index in [0.29, 0.717) is 0 Å². The molecule has 1 aromatic heterocycles. The number of nitrogens with zero attached hydrogens (tertiary/aromatic N) is 3. The van der Waals surface area contributed by atoms with Crippen LogP contribution in [0.2, 0.25) is 0 Å². The zero-order valence-electron chi connectivity index (χ0n) is 16.9. The third-order valence-electron chi connectivity index (χ3n) is 4.94. The van der Waals surface area contributed by atoms with E-state index in [9.17, 15) is 19.2 Å². The van der Waals surface area contributed by atoms with Crippen molar-refractivity contribution in [2.24, 2.45) is 13.0 Å². The van der Waals surface area contributed by atoms with Crippen LogP contribution >= 0.6 is 0 Å². The standard InChI is InChI=1S/C21H24N4O4/c1-13-5-7-16(8-6-13)25-12-14(10-18(25)26)19(27)22-17-9-15(20(28)23(2)3)11-24(4)21(17)29/h5-9,11,14H,10,12H2,1-4H3,(H,22,27). The SMILES string of the molecule is Cc1ccc(N2CC(C(=O)Nc3cc(C(=O)N(C)C)cn(C)c3=O)CC2=O)cc1. The largest absolute Gasteiger partial charge is 0.345 e. The fourth-order valence-corrected chi connectivity index (χ4v) is 3.27. The Morgan fingerprint density at radius 3 is 2.41 bits per heavy atom. The lowest BCUT2D eigenvalue weighted by molar-refractivity contribution is -0.122. The van der Waals surface area contributed by atoms with Gasteiger partial charge in [-0.2, -0.15) is 0 Å². The van der Waals surface area contributed by atoms with Gasteiger partial charge in [0.1, 0.15) is 5.69 Å². The first-order valence-electron chi connectivity index (χ1n) is 9.27. The second kappa shape index (κ2) is 7.90. The molecule has 0 bridgehead atoms. The fraction of sp³-hybridized carbons (Fsp3) is 0.333. The number of anilines is 2. The highest BCUT2D eigenvalue weighted by Crippen LogP contribution is 2.26. The minimum Gasteiger partial charge on any atom is -0.345 e. The Hall–Kier alpha value is -3.42. The molecule has 0 saturated carbocycles. The molecule has 3 amide bonds. The van der Waals surface area contributed by atoms with Crippen molar-refractivity contribution in [1.29, 1.82) is 0 Å². The lowest BCUT2D eigenvalue weighted by Gasteiger charge is -2.17. The molecular weight excluding hydrogens is 372 g/mol. The van der Waals surface area contributed by atoms with Gasteiger partial charge in [0, 0.05) is 46.0 Å². The molecule has 2 heterocycles. The van der Waals surface area contributed by atoms with E-state index in [-0.39, 0.29) is 36.0 Å². The smallest absolute Gasteiger partial charge is 0.274 e. The van der Waals surface area contributed by atoms with Crippen molar-refractivity contribution in [3.05, 3.63) is 58.0 Å². The molecule has 8 nitrogen and oxygen atoms in total. The summed E-state index contributed by atoms with van der Waals surface area (Å²) in [5.74, 6) is -1.42. The molecule has 2 aromatic rings. The number of nitrogens with one attached hydrogen (secondary N) is 1. The second-order valence-electron chi connectivity index (χ2n) is 7.49. The van der Waals surface area contributed by atoms with Crippen LogP contribution < -0.4 is 15.8 Å². The second-order valence-corrected chi connectivity index (χ2v) is 7.49. The molecule has 0 spiro atoms. The molecule has 0 radical (unpaired) electrons.